The first kappa shape index (κ1) is 28.3. The second kappa shape index (κ2) is 12.4. The van der Waals surface area contributed by atoms with Crippen LogP contribution in [0.2, 0.25) is 0 Å². The fraction of sp³-hybridized carbons (Fsp3) is 0.640. The number of ether oxygens (including phenoxy) is 3. The van der Waals surface area contributed by atoms with Crippen molar-refractivity contribution in [3.05, 3.63) is 30.1 Å². The molecular weight excluding hydrogens is 514 g/mol. The molecule has 12 nitrogen and oxygen atoms in total. The first-order valence-electron chi connectivity index (χ1n) is 13.0. The van der Waals surface area contributed by atoms with E-state index < -0.39 is 16.1 Å². The molecule has 1 amide bonds. The van der Waals surface area contributed by atoms with Gasteiger partial charge >= 0.3 is 0 Å². The van der Waals surface area contributed by atoms with Gasteiger partial charge in [-0.15, -0.1) is 5.10 Å². The molecule has 1 aromatic carbocycles. The number of aliphatic hydroxyl groups is 1. The van der Waals surface area contributed by atoms with Crippen LogP contribution in [-0.2, 0) is 32.7 Å². The predicted octanol–water partition coefficient (Wildman–Crippen LogP) is 1.28. The number of hydrogen-bond acceptors (Lipinski definition) is 9. The Morgan fingerprint density at radius 1 is 1.21 bits per heavy atom. The van der Waals surface area contributed by atoms with Crippen molar-refractivity contribution in [3.63, 3.8) is 0 Å². The van der Waals surface area contributed by atoms with Gasteiger partial charge in [-0.05, 0) is 25.5 Å². The maximum absolute atomic E-state index is 13.5. The Hall–Kier alpha value is -2.74. The molecule has 210 valence electrons. The number of aliphatic hydroxyl groups excluding tert-OH is 1. The van der Waals surface area contributed by atoms with Crippen LogP contribution >= 0.6 is 0 Å². The molecule has 0 aliphatic carbocycles. The smallest absolute Gasteiger partial charge is 0.243 e. The van der Waals surface area contributed by atoms with E-state index in [4.69, 9.17) is 14.2 Å². The number of rotatable bonds is 6. The lowest BCUT2D eigenvalue weighted by Crippen LogP contribution is -2.47. The van der Waals surface area contributed by atoms with Crippen LogP contribution in [-0.4, -0.2) is 95.7 Å². The monoisotopic (exact) mass is 551 g/mol. The van der Waals surface area contributed by atoms with Crippen LogP contribution in [0.1, 0.15) is 38.8 Å². The molecule has 2 aromatic rings. The third-order valence-electron chi connectivity index (χ3n) is 7.00. The lowest BCUT2D eigenvalue weighted by molar-refractivity contribution is -0.136. The van der Waals surface area contributed by atoms with Gasteiger partial charge < -0.3 is 24.2 Å². The van der Waals surface area contributed by atoms with E-state index in [1.54, 1.807) is 28.8 Å². The summed E-state index contributed by atoms with van der Waals surface area (Å²) in [6, 6.07) is 4.24. The molecule has 0 unspecified atom stereocenters. The summed E-state index contributed by atoms with van der Waals surface area (Å²) < 4.78 is 47.6. The average Bonchev–Trinajstić information content (AvgIpc) is 3.21. The number of hydrogen-bond donors (Lipinski definition) is 1. The number of amides is 1. The minimum atomic E-state index is -3.89. The molecular formula is C25H37N5O7S. The number of sulfonamides is 1. The van der Waals surface area contributed by atoms with E-state index in [0.717, 1.165) is 12.1 Å². The number of benzene rings is 1. The Balaban J connectivity index is 1.58. The van der Waals surface area contributed by atoms with Crippen molar-refractivity contribution in [1.29, 1.82) is 0 Å². The van der Waals surface area contributed by atoms with Crippen molar-refractivity contribution in [3.8, 4) is 11.5 Å². The SMILES string of the molecule is C[C@@H]1CN([C@@H](C)CO)C(=O)CCCn2nncc2CO[C@H]1CN(C)S(=O)(=O)c1ccc2c(c1)OCCCO2. The summed E-state index contributed by atoms with van der Waals surface area (Å²) in [5.74, 6) is 0.611. The third kappa shape index (κ3) is 6.45. The van der Waals surface area contributed by atoms with E-state index in [1.807, 2.05) is 6.92 Å². The van der Waals surface area contributed by atoms with Gasteiger partial charge in [0.15, 0.2) is 11.5 Å². The van der Waals surface area contributed by atoms with Crippen molar-refractivity contribution >= 4 is 15.9 Å². The van der Waals surface area contributed by atoms with Gasteiger partial charge in [0, 0.05) is 51.5 Å². The zero-order chi connectivity index (χ0) is 27.3. The molecule has 3 heterocycles. The fourth-order valence-corrected chi connectivity index (χ4v) is 5.78. The van der Waals surface area contributed by atoms with Crippen LogP contribution in [0.15, 0.2) is 29.3 Å². The van der Waals surface area contributed by atoms with E-state index >= 15 is 0 Å². The van der Waals surface area contributed by atoms with E-state index in [9.17, 15) is 18.3 Å². The van der Waals surface area contributed by atoms with Gasteiger partial charge in [-0.25, -0.2) is 13.1 Å². The van der Waals surface area contributed by atoms with Gasteiger partial charge in [0.25, 0.3) is 0 Å². The van der Waals surface area contributed by atoms with Crippen molar-refractivity contribution in [2.24, 2.45) is 5.92 Å². The summed E-state index contributed by atoms with van der Waals surface area (Å²) in [6.07, 6.45) is 2.67. The summed E-state index contributed by atoms with van der Waals surface area (Å²) in [6.45, 7) is 5.58. The largest absolute Gasteiger partial charge is 0.490 e. The maximum Gasteiger partial charge on any atom is 0.243 e. The van der Waals surface area contributed by atoms with E-state index in [1.165, 1.54) is 23.5 Å². The van der Waals surface area contributed by atoms with Gasteiger partial charge in [-0.2, -0.15) is 4.31 Å². The molecule has 0 radical (unpaired) electrons. The molecule has 38 heavy (non-hydrogen) atoms. The quantitative estimate of drug-likeness (QED) is 0.563. The number of nitrogens with zero attached hydrogens (tertiary/aromatic N) is 5. The van der Waals surface area contributed by atoms with Crippen LogP contribution in [0, 0.1) is 5.92 Å². The van der Waals surface area contributed by atoms with E-state index in [2.05, 4.69) is 10.3 Å². The fourth-order valence-electron chi connectivity index (χ4n) is 4.58. The standard InChI is InChI=1S/C25H37N5O7S/c1-18-14-29(19(2)16-31)25(32)6-4-9-30-20(13-26-27-30)17-37-24(18)15-28(3)38(33,34)21-7-8-22-23(12-21)36-11-5-10-35-22/h7-8,12-13,18-19,24,31H,4-6,9-11,14-17H2,1-3H3/t18-,19+,24+/m1/s1. The number of fused-ring (bicyclic) bond motifs is 2. The van der Waals surface area contributed by atoms with Crippen molar-refractivity contribution in [2.45, 2.75) is 63.3 Å². The van der Waals surface area contributed by atoms with Gasteiger partial charge in [-0.1, -0.05) is 12.1 Å². The molecule has 0 bridgehead atoms. The van der Waals surface area contributed by atoms with E-state index in [0.29, 0.717) is 50.6 Å². The third-order valence-corrected chi connectivity index (χ3v) is 8.82. The summed E-state index contributed by atoms with van der Waals surface area (Å²) in [5, 5.41) is 17.8. The highest BCUT2D eigenvalue weighted by molar-refractivity contribution is 7.89. The highest BCUT2D eigenvalue weighted by Gasteiger charge is 2.32. The van der Waals surface area contributed by atoms with Crippen LogP contribution in [0.4, 0.5) is 0 Å². The first-order valence-corrected chi connectivity index (χ1v) is 14.4. The minimum Gasteiger partial charge on any atom is -0.490 e. The second-order valence-electron chi connectivity index (χ2n) is 9.90. The topological polar surface area (TPSA) is 136 Å². The molecule has 3 atom stereocenters. The highest BCUT2D eigenvalue weighted by Crippen LogP contribution is 2.33. The van der Waals surface area contributed by atoms with Crippen molar-refractivity contribution < 1.29 is 32.5 Å². The Labute approximate surface area is 223 Å². The molecule has 1 N–H and O–H groups in total. The maximum atomic E-state index is 13.5. The number of aryl methyl sites for hydroxylation is 1. The van der Waals surface area contributed by atoms with Crippen LogP contribution in [0.25, 0.3) is 0 Å². The molecule has 1 aromatic heterocycles. The number of carbonyl (C=O) groups is 1. The van der Waals surface area contributed by atoms with Gasteiger partial charge in [-0.3, -0.25) is 4.79 Å². The summed E-state index contributed by atoms with van der Waals surface area (Å²) in [4.78, 5) is 14.8. The summed E-state index contributed by atoms with van der Waals surface area (Å²) in [7, 11) is -2.38. The Morgan fingerprint density at radius 3 is 2.74 bits per heavy atom. The second-order valence-corrected chi connectivity index (χ2v) is 11.9. The first-order chi connectivity index (χ1) is 18.2. The molecule has 2 aliphatic heterocycles. The molecule has 4 rings (SSSR count). The minimum absolute atomic E-state index is 0.0506. The van der Waals surface area contributed by atoms with Crippen LogP contribution in [0.3, 0.4) is 0 Å². The average molecular weight is 552 g/mol. The van der Waals surface area contributed by atoms with Gasteiger partial charge in [0.05, 0.1) is 55.4 Å². The molecule has 13 heteroatoms. The zero-order valence-electron chi connectivity index (χ0n) is 22.2. The molecule has 0 saturated carbocycles. The van der Waals surface area contributed by atoms with Crippen LogP contribution < -0.4 is 9.47 Å². The predicted molar refractivity (Wildman–Crippen MR) is 137 cm³/mol. The number of likely N-dealkylation sites (N-methyl/N-ethyl adjacent to an activating group) is 1. The zero-order valence-corrected chi connectivity index (χ0v) is 23.0. The lowest BCUT2D eigenvalue weighted by Gasteiger charge is -2.35. The van der Waals surface area contributed by atoms with E-state index in [-0.39, 0.29) is 42.5 Å². The molecule has 2 aliphatic rings. The Bertz CT molecular complexity index is 1200. The summed E-state index contributed by atoms with van der Waals surface area (Å²) >= 11 is 0. The Kier molecular flexibility index (Phi) is 9.23. The van der Waals surface area contributed by atoms with Crippen LogP contribution in [0.5, 0.6) is 11.5 Å². The normalized spacial score (nSPS) is 22.2. The molecule has 0 spiro atoms. The highest BCUT2D eigenvalue weighted by atomic mass is 32.2. The van der Waals surface area contributed by atoms with Crippen molar-refractivity contribution in [1.82, 2.24) is 24.2 Å². The number of aromatic nitrogens is 3. The number of carbonyl (C=O) groups excluding carboxylic acids is 1. The lowest BCUT2D eigenvalue weighted by atomic mass is 10.0. The summed E-state index contributed by atoms with van der Waals surface area (Å²) in [5.41, 5.74) is 0.754. The van der Waals surface area contributed by atoms with Gasteiger partial charge in [0.1, 0.15) is 0 Å². The van der Waals surface area contributed by atoms with Crippen molar-refractivity contribution in [2.75, 3.05) is 40.0 Å². The Morgan fingerprint density at radius 2 is 1.97 bits per heavy atom. The molecule has 0 fully saturated rings. The van der Waals surface area contributed by atoms with Gasteiger partial charge in [0.2, 0.25) is 15.9 Å². The molecule has 0 saturated heterocycles.